The van der Waals surface area contributed by atoms with Crippen LogP contribution in [0.5, 0.6) is 0 Å². The molecule has 0 aliphatic carbocycles. The molecule has 110 valence electrons. The van der Waals surface area contributed by atoms with Crippen molar-refractivity contribution in [2.75, 3.05) is 25.1 Å². The van der Waals surface area contributed by atoms with Gasteiger partial charge in [-0.2, -0.15) is 0 Å². The van der Waals surface area contributed by atoms with Crippen molar-refractivity contribution in [1.29, 1.82) is 0 Å². The number of anilines is 1. The summed E-state index contributed by atoms with van der Waals surface area (Å²) in [6.45, 7) is 2.19. The first kappa shape index (κ1) is 15.2. The van der Waals surface area contributed by atoms with E-state index >= 15 is 0 Å². The van der Waals surface area contributed by atoms with E-state index < -0.39 is 11.9 Å². The zero-order chi connectivity index (χ0) is 14.9. The summed E-state index contributed by atoms with van der Waals surface area (Å²) >= 11 is 3.34. The van der Waals surface area contributed by atoms with E-state index in [1.807, 2.05) is 0 Å². The summed E-state index contributed by atoms with van der Waals surface area (Å²) in [5.74, 6) is -2.47. The molecule has 0 atom stereocenters. The average molecular weight is 349 g/mol. The van der Waals surface area contributed by atoms with Crippen LogP contribution in [0.1, 0.15) is 28.9 Å². The van der Waals surface area contributed by atoms with Gasteiger partial charge < -0.3 is 9.64 Å². The maximum Gasteiger partial charge on any atom is 0.339 e. The van der Waals surface area contributed by atoms with Crippen molar-refractivity contribution in [1.82, 2.24) is 4.98 Å². The van der Waals surface area contributed by atoms with Crippen LogP contribution >= 0.6 is 15.9 Å². The number of esters is 1. The number of ether oxygens (including phenoxy) is 1. The lowest BCUT2D eigenvalue weighted by molar-refractivity contribution is -0.0221. The van der Waals surface area contributed by atoms with Crippen LogP contribution < -0.4 is 4.90 Å². The Morgan fingerprint density at radius 3 is 2.60 bits per heavy atom. The van der Waals surface area contributed by atoms with Crippen LogP contribution in [-0.4, -0.2) is 37.1 Å². The smallest absolute Gasteiger partial charge is 0.339 e. The Hall–Kier alpha value is -1.24. The largest absolute Gasteiger partial charge is 0.465 e. The van der Waals surface area contributed by atoms with Crippen molar-refractivity contribution in [3.05, 3.63) is 21.8 Å². The van der Waals surface area contributed by atoms with Crippen molar-refractivity contribution in [2.24, 2.45) is 0 Å². The van der Waals surface area contributed by atoms with Crippen LogP contribution in [0, 0.1) is 6.92 Å². The second kappa shape index (κ2) is 5.63. The highest BCUT2D eigenvalue weighted by atomic mass is 79.9. The Balaban J connectivity index is 2.26. The second-order valence-corrected chi connectivity index (χ2v) is 5.62. The van der Waals surface area contributed by atoms with Gasteiger partial charge in [-0.05, 0) is 28.9 Å². The minimum Gasteiger partial charge on any atom is -0.465 e. The number of rotatable bonds is 2. The number of aromatic nitrogens is 1. The first-order chi connectivity index (χ1) is 9.34. The molecule has 0 N–H and O–H groups in total. The van der Waals surface area contributed by atoms with Crippen LogP contribution in [0.15, 0.2) is 10.5 Å². The van der Waals surface area contributed by atoms with E-state index in [1.165, 1.54) is 7.11 Å². The number of nitrogens with zero attached hydrogens (tertiary/aromatic N) is 2. The fraction of sp³-hybridized carbons (Fsp3) is 0.538. The zero-order valence-electron chi connectivity index (χ0n) is 11.3. The molecule has 0 unspecified atom stereocenters. The fourth-order valence-corrected chi connectivity index (χ4v) is 2.72. The maximum absolute atomic E-state index is 13.2. The monoisotopic (exact) mass is 348 g/mol. The van der Waals surface area contributed by atoms with Crippen LogP contribution in [0.3, 0.4) is 0 Å². The lowest BCUT2D eigenvalue weighted by atomic mass is 10.1. The molecule has 1 aromatic heterocycles. The summed E-state index contributed by atoms with van der Waals surface area (Å²) in [5, 5.41) is 0. The molecule has 0 radical (unpaired) electrons. The predicted molar refractivity (Wildman–Crippen MR) is 74.4 cm³/mol. The van der Waals surface area contributed by atoms with Crippen molar-refractivity contribution in [3.63, 3.8) is 0 Å². The number of hydrogen-bond acceptors (Lipinski definition) is 4. The third-order valence-electron chi connectivity index (χ3n) is 3.35. The fourth-order valence-electron chi connectivity index (χ4n) is 2.15. The third-order valence-corrected chi connectivity index (χ3v) is 3.93. The quantitative estimate of drug-likeness (QED) is 0.770. The molecular formula is C13H15BrF2N2O2. The van der Waals surface area contributed by atoms with Gasteiger partial charge >= 0.3 is 5.97 Å². The Bertz CT molecular complexity index is 527. The molecule has 1 aliphatic heterocycles. The van der Waals surface area contributed by atoms with E-state index in [0.717, 1.165) is 0 Å². The van der Waals surface area contributed by atoms with Crippen molar-refractivity contribution < 1.29 is 18.3 Å². The maximum atomic E-state index is 13.2. The summed E-state index contributed by atoms with van der Waals surface area (Å²) < 4.78 is 31.6. The molecule has 1 fully saturated rings. The molecule has 0 aromatic carbocycles. The van der Waals surface area contributed by atoms with Gasteiger partial charge in [0.15, 0.2) is 0 Å². The first-order valence-electron chi connectivity index (χ1n) is 6.22. The number of piperidine rings is 1. The number of carbonyl (C=O) groups is 1. The highest BCUT2D eigenvalue weighted by molar-refractivity contribution is 9.10. The second-order valence-electron chi connectivity index (χ2n) is 4.76. The van der Waals surface area contributed by atoms with Gasteiger partial charge in [-0.1, -0.05) is 0 Å². The van der Waals surface area contributed by atoms with Gasteiger partial charge in [0.1, 0.15) is 5.82 Å². The summed E-state index contributed by atoms with van der Waals surface area (Å²) in [6.07, 6.45) is -0.363. The molecular weight excluding hydrogens is 334 g/mol. The molecule has 0 saturated carbocycles. The highest BCUT2D eigenvalue weighted by Crippen LogP contribution is 2.33. The van der Waals surface area contributed by atoms with Crippen LogP contribution in [0.2, 0.25) is 0 Å². The Kier molecular flexibility index (Phi) is 4.27. The van der Waals surface area contributed by atoms with Gasteiger partial charge in [0, 0.05) is 25.9 Å². The van der Waals surface area contributed by atoms with E-state index in [9.17, 15) is 13.6 Å². The molecule has 20 heavy (non-hydrogen) atoms. The summed E-state index contributed by atoms with van der Waals surface area (Å²) in [5.41, 5.74) is 0.887. The minimum atomic E-state index is -2.59. The summed E-state index contributed by atoms with van der Waals surface area (Å²) in [4.78, 5) is 17.7. The number of methoxy groups -OCH3 is 1. The van der Waals surface area contributed by atoms with Crippen molar-refractivity contribution >= 4 is 27.7 Å². The number of aryl methyl sites for hydroxylation is 1. The topological polar surface area (TPSA) is 42.4 Å². The highest BCUT2D eigenvalue weighted by Gasteiger charge is 2.35. The lowest BCUT2D eigenvalue weighted by Crippen LogP contribution is -2.40. The van der Waals surface area contributed by atoms with Gasteiger partial charge in [0.05, 0.1) is 22.8 Å². The molecule has 1 saturated heterocycles. The molecule has 4 nitrogen and oxygen atoms in total. The van der Waals surface area contributed by atoms with Gasteiger partial charge in [-0.25, -0.2) is 18.6 Å². The van der Waals surface area contributed by atoms with E-state index in [-0.39, 0.29) is 25.9 Å². The molecule has 2 heterocycles. The molecule has 1 aromatic rings. The number of pyridine rings is 1. The SMILES string of the molecule is COC(=O)c1cc(Br)c(N2CCC(F)(F)CC2)nc1C. The van der Waals surface area contributed by atoms with Crippen LogP contribution in [0.25, 0.3) is 0 Å². The number of halogens is 3. The van der Waals surface area contributed by atoms with Crippen LogP contribution in [0.4, 0.5) is 14.6 Å². The molecule has 0 amide bonds. The lowest BCUT2D eigenvalue weighted by Gasteiger charge is -2.33. The van der Waals surface area contributed by atoms with Crippen LogP contribution in [-0.2, 0) is 4.74 Å². The Morgan fingerprint density at radius 2 is 2.05 bits per heavy atom. The first-order valence-corrected chi connectivity index (χ1v) is 7.01. The van der Waals surface area contributed by atoms with Gasteiger partial charge in [0.25, 0.3) is 5.92 Å². The van der Waals surface area contributed by atoms with Crippen molar-refractivity contribution in [2.45, 2.75) is 25.7 Å². The summed E-state index contributed by atoms with van der Waals surface area (Å²) in [6, 6.07) is 1.62. The van der Waals surface area contributed by atoms with E-state index in [2.05, 4.69) is 25.7 Å². The summed E-state index contributed by atoms with van der Waals surface area (Å²) in [7, 11) is 1.30. The van der Waals surface area contributed by atoms with Gasteiger partial charge in [-0.15, -0.1) is 0 Å². The molecule has 1 aliphatic rings. The number of carbonyl (C=O) groups excluding carboxylic acids is 1. The van der Waals surface area contributed by atoms with E-state index in [4.69, 9.17) is 0 Å². The normalized spacial score (nSPS) is 17.9. The van der Waals surface area contributed by atoms with Crippen molar-refractivity contribution in [3.8, 4) is 0 Å². The predicted octanol–water partition coefficient (Wildman–Crippen LogP) is 3.17. The zero-order valence-corrected chi connectivity index (χ0v) is 12.8. The standard InChI is InChI=1S/C13H15BrF2N2O2/c1-8-9(12(19)20-2)7-10(14)11(17-8)18-5-3-13(15,16)4-6-18/h7H,3-6H2,1-2H3. The molecule has 0 bridgehead atoms. The number of hydrogen-bond donors (Lipinski definition) is 0. The third kappa shape index (κ3) is 3.08. The van der Waals surface area contributed by atoms with E-state index in [1.54, 1.807) is 17.9 Å². The Morgan fingerprint density at radius 1 is 1.45 bits per heavy atom. The van der Waals surface area contributed by atoms with Gasteiger partial charge in [0.2, 0.25) is 0 Å². The Labute approximate surface area is 124 Å². The molecule has 2 rings (SSSR count). The number of alkyl halides is 2. The molecule has 7 heteroatoms. The van der Waals surface area contributed by atoms with E-state index in [0.29, 0.717) is 21.5 Å². The molecule has 0 spiro atoms. The minimum absolute atomic E-state index is 0.182. The average Bonchev–Trinajstić information content (AvgIpc) is 2.40. The van der Waals surface area contributed by atoms with Gasteiger partial charge in [-0.3, -0.25) is 0 Å².